The van der Waals surface area contributed by atoms with Crippen molar-refractivity contribution in [1.82, 2.24) is 0 Å². The Bertz CT molecular complexity index is 323. The van der Waals surface area contributed by atoms with Crippen LogP contribution in [-0.2, 0) is 0 Å². The van der Waals surface area contributed by atoms with Gasteiger partial charge in [0.2, 0.25) is 5.75 Å². The molecule has 0 spiro atoms. The van der Waals surface area contributed by atoms with Crippen LogP contribution in [-0.4, -0.2) is 18.3 Å². The summed E-state index contributed by atoms with van der Waals surface area (Å²) in [5, 5.41) is 9.74. The molecule has 0 aliphatic carbocycles. The molecule has 0 saturated heterocycles. The summed E-state index contributed by atoms with van der Waals surface area (Å²) in [4.78, 5) is 0. The predicted octanol–water partition coefficient (Wildman–Crippen LogP) is 3.75. The molecule has 96 valence electrons. The summed E-state index contributed by atoms with van der Waals surface area (Å²) in [6.45, 7) is 5.49. The van der Waals surface area contributed by atoms with E-state index in [4.69, 9.17) is 9.47 Å². The van der Waals surface area contributed by atoms with E-state index in [2.05, 4.69) is 13.8 Å². The fourth-order valence-corrected chi connectivity index (χ4v) is 1.41. The van der Waals surface area contributed by atoms with Crippen molar-refractivity contribution in [3.63, 3.8) is 0 Å². The van der Waals surface area contributed by atoms with Gasteiger partial charge in [-0.3, -0.25) is 0 Å². The lowest BCUT2D eigenvalue weighted by atomic mass is 10.3. The average molecular weight is 238 g/mol. The lowest BCUT2D eigenvalue weighted by Gasteiger charge is -2.13. The summed E-state index contributed by atoms with van der Waals surface area (Å²) in [5.74, 6) is 1.25. The van der Waals surface area contributed by atoms with Gasteiger partial charge in [0.1, 0.15) is 0 Å². The lowest BCUT2D eigenvalue weighted by molar-refractivity contribution is 0.252. The first-order valence-corrected chi connectivity index (χ1v) is 6.37. The van der Waals surface area contributed by atoms with Gasteiger partial charge in [0.15, 0.2) is 11.5 Å². The van der Waals surface area contributed by atoms with Crippen LogP contribution in [0.4, 0.5) is 0 Å². The van der Waals surface area contributed by atoms with Gasteiger partial charge in [-0.25, -0.2) is 0 Å². The van der Waals surface area contributed by atoms with Gasteiger partial charge in [-0.15, -0.1) is 0 Å². The van der Waals surface area contributed by atoms with E-state index in [1.54, 1.807) is 12.1 Å². The second kappa shape index (κ2) is 7.82. The van der Waals surface area contributed by atoms with E-state index in [1.807, 2.05) is 6.07 Å². The number of rotatable bonds is 8. The van der Waals surface area contributed by atoms with Gasteiger partial charge in [0.25, 0.3) is 0 Å². The molecule has 1 N–H and O–H groups in total. The van der Waals surface area contributed by atoms with E-state index in [0.717, 1.165) is 25.7 Å². The number of para-hydroxylation sites is 1. The van der Waals surface area contributed by atoms with Gasteiger partial charge in [0.05, 0.1) is 13.2 Å². The third-order valence-corrected chi connectivity index (χ3v) is 2.46. The van der Waals surface area contributed by atoms with Gasteiger partial charge in [-0.1, -0.05) is 32.8 Å². The molecule has 0 radical (unpaired) electrons. The predicted molar refractivity (Wildman–Crippen MR) is 68.9 cm³/mol. The number of phenols is 1. The highest BCUT2D eigenvalue weighted by Gasteiger charge is 2.09. The number of hydrogen-bond donors (Lipinski definition) is 1. The Morgan fingerprint density at radius 3 is 2.29 bits per heavy atom. The van der Waals surface area contributed by atoms with E-state index in [-0.39, 0.29) is 5.75 Å². The normalized spacial score (nSPS) is 10.2. The number of ether oxygens (including phenoxy) is 2. The Morgan fingerprint density at radius 1 is 1.00 bits per heavy atom. The zero-order valence-corrected chi connectivity index (χ0v) is 10.7. The second-order valence-corrected chi connectivity index (χ2v) is 4.01. The molecule has 0 heterocycles. The van der Waals surface area contributed by atoms with Crippen LogP contribution in [0.2, 0.25) is 0 Å². The van der Waals surface area contributed by atoms with Crippen molar-refractivity contribution in [3.8, 4) is 17.2 Å². The summed E-state index contributed by atoms with van der Waals surface area (Å²) in [6.07, 6.45) is 4.14. The van der Waals surface area contributed by atoms with E-state index in [1.165, 1.54) is 0 Å². The third-order valence-electron chi connectivity index (χ3n) is 2.46. The van der Waals surface area contributed by atoms with Crippen LogP contribution in [0.3, 0.4) is 0 Å². The van der Waals surface area contributed by atoms with E-state index < -0.39 is 0 Å². The van der Waals surface area contributed by atoms with Crippen LogP contribution in [0.1, 0.15) is 39.5 Å². The highest BCUT2D eigenvalue weighted by molar-refractivity contribution is 5.50. The summed E-state index contributed by atoms with van der Waals surface area (Å²) >= 11 is 0. The van der Waals surface area contributed by atoms with Crippen LogP contribution in [0.5, 0.6) is 17.2 Å². The Hall–Kier alpha value is -1.38. The molecule has 0 bridgehead atoms. The maximum absolute atomic E-state index is 9.74. The van der Waals surface area contributed by atoms with Crippen molar-refractivity contribution in [3.05, 3.63) is 18.2 Å². The second-order valence-electron chi connectivity index (χ2n) is 4.01. The molecule has 0 aliphatic heterocycles. The van der Waals surface area contributed by atoms with Crippen LogP contribution in [0.15, 0.2) is 18.2 Å². The van der Waals surface area contributed by atoms with Gasteiger partial charge in [-0.05, 0) is 25.0 Å². The average Bonchev–Trinajstić information content (AvgIpc) is 2.33. The van der Waals surface area contributed by atoms with Crippen molar-refractivity contribution >= 4 is 0 Å². The van der Waals surface area contributed by atoms with Crippen LogP contribution in [0.25, 0.3) is 0 Å². The Morgan fingerprint density at radius 2 is 1.65 bits per heavy atom. The van der Waals surface area contributed by atoms with E-state index >= 15 is 0 Å². The molecular formula is C14H22O3. The number of hydrogen-bond acceptors (Lipinski definition) is 3. The Balaban J connectivity index is 2.63. The van der Waals surface area contributed by atoms with Crippen molar-refractivity contribution in [2.75, 3.05) is 13.2 Å². The Labute approximate surface area is 103 Å². The van der Waals surface area contributed by atoms with Gasteiger partial charge in [-0.2, -0.15) is 0 Å². The zero-order chi connectivity index (χ0) is 12.5. The van der Waals surface area contributed by atoms with Gasteiger partial charge in [0, 0.05) is 0 Å². The monoisotopic (exact) mass is 238 g/mol. The molecular weight excluding hydrogens is 216 g/mol. The van der Waals surface area contributed by atoms with E-state index in [9.17, 15) is 5.11 Å². The smallest absolute Gasteiger partial charge is 0.203 e. The number of unbranched alkanes of at least 4 members (excludes halogenated alkanes) is 2. The molecule has 0 fully saturated rings. The molecule has 1 aromatic rings. The first-order valence-electron chi connectivity index (χ1n) is 6.37. The maximum Gasteiger partial charge on any atom is 0.203 e. The van der Waals surface area contributed by atoms with Crippen molar-refractivity contribution in [1.29, 1.82) is 0 Å². The number of benzene rings is 1. The first kappa shape index (κ1) is 13.7. The summed E-state index contributed by atoms with van der Waals surface area (Å²) < 4.78 is 11.2. The zero-order valence-electron chi connectivity index (χ0n) is 10.7. The highest BCUT2D eigenvalue weighted by atomic mass is 16.5. The molecule has 1 rings (SSSR count). The SMILES string of the molecule is CCCCOc1cccc(O)c1OCCCC. The molecule has 0 unspecified atom stereocenters. The molecule has 0 aromatic heterocycles. The van der Waals surface area contributed by atoms with Crippen LogP contribution >= 0.6 is 0 Å². The topological polar surface area (TPSA) is 38.7 Å². The molecule has 1 aromatic carbocycles. The largest absolute Gasteiger partial charge is 0.504 e. The maximum atomic E-state index is 9.74. The molecule has 0 amide bonds. The fourth-order valence-electron chi connectivity index (χ4n) is 1.41. The molecule has 0 saturated carbocycles. The van der Waals surface area contributed by atoms with Gasteiger partial charge < -0.3 is 14.6 Å². The number of phenolic OH excluding ortho intramolecular Hbond substituents is 1. The van der Waals surface area contributed by atoms with Crippen molar-refractivity contribution in [2.24, 2.45) is 0 Å². The molecule has 17 heavy (non-hydrogen) atoms. The lowest BCUT2D eigenvalue weighted by Crippen LogP contribution is -2.02. The third kappa shape index (κ3) is 4.55. The highest BCUT2D eigenvalue weighted by Crippen LogP contribution is 2.36. The minimum atomic E-state index is 0.148. The number of aromatic hydroxyl groups is 1. The van der Waals surface area contributed by atoms with Crippen LogP contribution < -0.4 is 9.47 Å². The Kier molecular flexibility index (Phi) is 6.30. The van der Waals surface area contributed by atoms with Crippen LogP contribution in [0, 0.1) is 0 Å². The molecule has 0 atom stereocenters. The van der Waals surface area contributed by atoms with Crippen molar-refractivity contribution in [2.45, 2.75) is 39.5 Å². The van der Waals surface area contributed by atoms with Crippen molar-refractivity contribution < 1.29 is 14.6 Å². The quantitative estimate of drug-likeness (QED) is 0.701. The summed E-state index contributed by atoms with van der Waals surface area (Å²) in [5.41, 5.74) is 0. The standard InChI is InChI=1S/C14H22O3/c1-3-5-10-16-13-9-7-8-12(15)14(13)17-11-6-4-2/h7-9,15H,3-6,10-11H2,1-2H3. The summed E-state index contributed by atoms with van der Waals surface area (Å²) in [7, 11) is 0. The van der Waals surface area contributed by atoms with Gasteiger partial charge >= 0.3 is 0 Å². The first-order chi connectivity index (χ1) is 8.29. The van der Waals surface area contributed by atoms with E-state index in [0.29, 0.717) is 24.7 Å². The summed E-state index contributed by atoms with van der Waals surface area (Å²) in [6, 6.07) is 5.22. The molecule has 3 nitrogen and oxygen atoms in total. The fraction of sp³-hybridized carbons (Fsp3) is 0.571. The minimum Gasteiger partial charge on any atom is -0.504 e. The molecule has 0 aliphatic rings. The molecule has 3 heteroatoms. The minimum absolute atomic E-state index is 0.148.